The third-order valence-corrected chi connectivity index (χ3v) is 10.2. The Balaban J connectivity index is 0.000000176. The Hall–Kier alpha value is -8.74. The number of nitrogens with zero attached hydrogens (tertiary/aromatic N) is 4. The van der Waals surface area contributed by atoms with E-state index in [0.29, 0.717) is 66.4 Å². The summed E-state index contributed by atoms with van der Waals surface area (Å²) in [5.41, 5.74) is 2.65. The van der Waals surface area contributed by atoms with Crippen LogP contribution >= 0.6 is 0 Å². The molecule has 19 heteroatoms. The molecule has 4 amide bonds. The van der Waals surface area contributed by atoms with Crippen molar-refractivity contribution in [3.05, 3.63) is 175 Å². The summed E-state index contributed by atoms with van der Waals surface area (Å²) in [5.74, 6) is -0.403. The van der Waals surface area contributed by atoms with Crippen molar-refractivity contribution in [1.29, 1.82) is 0 Å². The van der Waals surface area contributed by atoms with Crippen molar-refractivity contribution in [3.8, 4) is 5.75 Å². The number of anilines is 4. The Kier molecular flexibility index (Phi) is 10.4. The van der Waals surface area contributed by atoms with Gasteiger partial charge >= 0.3 is 24.6 Å². The number of pyridine rings is 2. The first kappa shape index (κ1) is 38.7. The number of para-hydroxylation sites is 1. The Morgan fingerprint density at radius 2 is 1.06 bits per heavy atom. The molecule has 10 aromatic rings. The molecule has 6 aromatic heterocycles. The quantitative estimate of drug-likeness (QED) is 0.0794. The zero-order valence-electron chi connectivity index (χ0n) is 38.3. The molecule has 338 valence electrons. The summed E-state index contributed by atoms with van der Waals surface area (Å²) in [7, 11) is 0. The van der Waals surface area contributed by atoms with Gasteiger partial charge in [0, 0.05) is 77.4 Å². The van der Waals surface area contributed by atoms with Gasteiger partial charge in [-0.1, -0.05) is 24.3 Å². The third-order valence-electron chi connectivity index (χ3n) is 10.2. The lowest BCUT2D eigenvalue weighted by Crippen LogP contribution is -2.21. The van der Waals surface area contributed by atoms with Gasteiger partial charge < -0.3 is 45.1 Å². The summed E-state index contributed by atoms with van der Waals surface area (Å²) in [6.07, 6.45) is 0.120. The third kappa shape index (κ3) is 9.85. The van der Waals surface area contributed by atoms with Gasteiger partial charge in [-0.25, -0.2) is 19.6 Å². The average Bonchev–Trinajstić information content (AvgIpc) is 4.15. The van der Waals surface area contributed by atoms with Crippen LogP contribution in [0.1, 0.15) is 22.2 Å². The summed E-state index contributed by atoms with van der Waals surface area (Å²) in [6.45, 7) is -3.89. The molecule has 0 spiro atoms. The van der Waals surface area contributed by atoms with Gasteiger partial charge in [0.05, 0.1) is 39.1 Å². The van der Waals surface area contributed by atoms with Gasteiger partial charge in [-0.15, -0.1) is 13.2 Å². The summed E-state index contributed by atoms with van der Waals surface area (Å²) in [5, 5.41) is 12.5. The van der Waals surface area contributed by atoms with Gasteiger partial charge in [-0.3, -0.25) is 0 Å². The van der Waals surface area contributed by atoms with E-state index in [1.165, 1.54) is 39.5 Å². The fraction of sp³-hybridized carbons (Fsp3) is 0.0833. The predicted molar refractivity (Wildman–Crippen MR) is 244 cm³/mol. The Labute approximate surface area is 381 Å². The first-order chi connectivity index (χ1) is 33.8. The first-order valence-electron chi connectivity index (χ1n) is 22.0. The molecular formula is C48H36F6N10O3. The second kappa shape index (κ2) is 18.0. The zero-order valence-corrected chi connectivity index (χ0v) is 34.3. The molecule has 13 nitrogen and oxygen atoms in total. The molecule has 0 aliphatic heterocycles. The molecule has 4 aromatic carbocycles. The highest BCUT2D eigenvalue weighted by molar-refractivity contribution is 6.07. The molecule has 0 aliphatic rings. The number of halogens is 6. The second-order valence-electron chi connectivity index (χ2n) is 14.5. The van der Waals surface area contributed by atoms with Crippen molar-refractivity contribution < 1.29 is 46.2 Å². The van der Waals surface area contributed by atoms with Crippen LogP contribution in [0.2, 0.25) is 0 Å². The molecule has 10 rings (SSSR count). The van der Waals surface area contributed by atoms with E-state index in [9.17, 15) is 35.9 Å². The van der Waals surface area contributed by atoms with Crippen LogP contribution in [0.3, 0.4) is 0 Å². The number of carbonyl (C=O) groups is 2. The SMILES string of the molecule is [2H]C([2H])(c1c[nH]c2ncccc12)n1ccc2c(NC(=O)Nc3ccc(OC(F)(F)F)cc3)cccc21.[2H]C([2H])(c1c[nH]c2ncccc12)n1ccc2c(NC(=O)Nc3ccccc3C(F)(F)F)cccc21. The maximum atomic E-state index is 13.2. The minimum atomic E-state index is -4.80. The number of fused-ring (bicyclic) bond motifs is 4. The van der Waals surface area contributed by atoms with E-state index in [2.05, 4.69) is 45.9 Å². The molecule has 67 heavy (non-hydrogen) atoms. The van der Waals surface area contributed by atoms with Crippen LogP contribution in [0, 0.1) is 0 Å². The fourth-order valence-electron chi connectivity index (χ4n) is 7.24. The number of amides is 4. The van der Waals surface area contributed by atoms with Gasteiger partial charge in [-0.2, -0.15) is 13.2 Å². The Morgan fingerprint density at radius 3 is 1.58 bits per heavy atom. The summed E-state index contributed by atoms with van der Waals surface area (Å²) >= 11 is 0. The zero-order chi connectivity index (χ0) is 50.3. The largest absolute Gasteiger partial charge is 0.573 e. The molecule has 0 saturated heterocycles. The van der Waals surface area contributed by atoms with Crippen LogP contribution in [0.25, 0.3) is 43.9 Å². The van der Waals surface area contributed by atoms with Crippen LogP contribution < -0.4 is 26.0 Å². The number of hydrogen-bond acceptors (Lipinski definition) is 5. The standard InChI is InChI=1S/C24H18F3N5O2.C24H18F3N5O/c25-24(26,27)34-17-8-6-16(7-9-17)30-23(33)31-20-4-1-5-21-19(20)10-12-32(21)14-15-13-29-22-18(15)3-2-11-28-22;25-24(26,27)18-6-1-2-7-20(18)31-23(33)30-19-8-3-9-21-17(19)10-12-32(21)14-15-13-29-22-16(15)5-4-11-28-22/h1-13H,14H2,(H,28,29)(H2,30,31,33);1-13H,14H2,(H,28,29)(H2,30,31,33)/i2*14D2. The van der Waals surface area contributed by atoms with E-state index in [1.54, 1.807) is 110 Å². The molecule has 0 aliphatic carbocycles. The van der Waals surface area contributed by atoms with Crippen molar-refractivity contribution in [2.24, 2.45) is 0 Å². The number of hydrogen-bond donors (Lipinski definition) is 6. The molecule has 0 atom stereocenters. The molecule has 0 bridgehead atoms. The molecule has 6 N–H and O–H groups in total. The normalized spacial score (nSPS) is 13.0. The lowest BCUT2D eigenvalue weighted by molar-refractivity contribution is -0.274. The van der Waals surface area contributed by atoms with Crippen LogP contribution in [-0.4, -0.2) is 47.5 Å². The molecule has 0 radical (unpaired) electrons. The lowest BCUT2D eigenvalue weighted by atomic mass is 10.1. The summed E-state index contributed by atoms with van der Waals surface area (Å²) < 4.78 is 119. The number of carbonyl (C=O) groups excluding carboxylic acids is 2. The number of aromatic amines is 2. The average molecular weight is 919 g/mol. The van der Waals surface area contributed by atoms with Gasteiger partial charge in [0.1, 0.15) is 17.0 Å². The van der Waals surface area contributed by atoms with Crippen LogP contribution in [0.4, 0.5) is 58.7 Å². The minimum Gasteiger partial charge on any atom is -0.406 e. The second-order valence-corrected chi connectivity index (χ2v) is 14.5. The van der Waals surface area contributed by atoms with Gasteiger partial charge in [0.2, 0.25) is 0 Å². The van der Waals surface area contributed by atoms with Crippen LogP contribution in [0.15, 0.2) is 159 Å². The van der Waals surface area contributed by atoms with Crippen molar-refractivity contribution in [2.75, 3.05) is 21.3 Å². The van der Waals surface area contributed by atoms with Crippen LogP contribution in [-0.2, 0) is 19.2 Å². The van der Waals surface area contributed by atoms with Crippen molar-refractivity contribution >= 4 is 78.7 Å². The van der Waals surface area contributed by atoms with Crippen LogP contribution in [0.5, 0.6) is 5.75 Å². The maximum absolute atomic E-state index is 13.2. The summed E-state index contributed by atoms with van der Waals surface area (Å²) in [6, 6.07) is 28.3. The van der Waals surface area contributed by atoms with Crippen molar-refractivity contribution in [1.82, 2.24) is 29.1 Å². The topological polar surface area (TPSA) is 159 Å². The van der Waals surface area contributed by atoms with E-state index in [-0.39, 0.29) is 11.4 Å². The van der Waals surface area contributed by atoms with Gasteiger partial charge in [0.25, 0.3) is 0 Å². The van der Waals surface area contributed by atoms with E-state index in [1.807, 2.05) is 0 Å². The smallest absolute Gasteiger partial charge is 0.406 e. The highest BCUT2D eigenvalue weighted by Gasteiger charge is 2.34. The number of alkyl halides is 6. The van der Waals surface area contributed by atoms with E-state index < -0.39 is 48.9 Å². The van der Waals surface area contributed by atoms with Crippen molar-refractivity contribution in [2.45, 2.75) is 25.5 Å². The molecular weight excluding hydrogens is 879 g/mol. The number of aromatic nitrogens is 6. The fourth-order valence-corrected chi connectivity index (χ4v) is 7.24. The molecule has 0 unspecified atom stereocenters. The Bertz CT molecular complexity index is 3590. The summed E-state index contributed by atoms with van der Waals surface area (Å²) in [4.78, 5) is 39.5. The minimum absolute atomic E-state index is 0.260. The van der Waals surface area contributed by atoms with Crippen molar-refractivity contribution in [3.63, 3.8) is 0 Å². The highest BCUT2D eigenvalue weighted by atomic mass is 19.4. The van der Waals surface area contributed by atoms with E-state index in [0.717, 1.165) is 18.2 Å². The van der Waals surface area contributed by atoms with Gasteiger partial charge in [-0.05, 0) is 108 Å². The predicted octanol–water partition coefficient (Wildman–Crippen LogP) is 12.3. The number of H-pyrrole nitrogens is 2. The molecule has 0 saturated carbocycles. The highest BCUT2D eigenvalue weighted by Crippen LogP contribution is 2.35. The lowest BCUT2D eigenvalue weighted by Gasteiger charge is -2.14. The number of urea groups is 2. The van der Waals surface area contributed by atoms with Gasteiger partial charge in [0.15, 0.2) is 0 Å². The Morgan fingerprint density at radius 1 is 0.567 bits per heavy atom. The number of rotatable bonds is 9. The van der Waals surface area contributed by atoms with E-state index in [4.69, 9.17) is 5.48 Å². The van der Waals surface area contributed by atoms with E-state index >= 15 is 0 Å². The first-order valence-corrected chi connectivity index (χ1v) is 20.0. The molecule has 0 fully saturated rings. The monoisotopic (exact) mass is 918 g/mol. The number of nitrogens with one attached hydrogen (secondary N) is 6. The number of benzene rings is 4. The number of ether oxygens (including phenoxy) is 1. The molecule has 6 heterocycles. The maximum Gasteiger partial charge on any atom is 0.573 e.